The average Bonchev–Trinajstić information content (AvgIpc) is 3.00. The fourth-order valence-corrected chi connectivity index (χ4v) is 5.04. The molecule has 0 bridgehead atoms. The van der Waals surface area contributed by atoms with E-state index in [2.05, 4.69) is 8.83 Å². The third-order valence-electron chi connectivity index (χ3n) is 5.13. The van der Waals surface area contributed by atoms with Crippen LogP contribution in [0.25, 0.3) is 0 Å². The van der Waals surface area contributed by atoms with E-state index in [-0.39, 0.29) is 18.5 Å². The molecule has 1 aliphatic heterocycles. The smallest absolute Gasteiger partial charge is 0.387 e. The molecule has 0 saturated carbocycles. The molecule has 1 aromatic heterocycles. The Morgan fingerprint density at radius 1 is 1.11 bits per heavy atom. The van der Waals surface area contributed by atoms with Crippen molar-refractivity contribution in [2.45, 2.75) is 44.4 Å². The van der Waals surface area contributed by atoms with Gasteiger partial charge in [0.2, 0.25) is 0 Å². The highest BCUT2D eigenvalue weighted by Gasteiger charge is 2.46. The Kier molecular flexibility index (Phi) is 8.29. The molecule has 0 radical (unpaired) electrons. The third-order valence-corrected chi connectivity index (χ3v) is 7.28. The number of aryl methyl sites for hydroxylation is 2. The number of phosphoric acid groups is 2. The second-order valence-corrected chi connectivity index (χ2v) is 10.6. The highest BCUT2D eigenvalue weighted by Crippen LogP contribution is 2.57. The maximum Gasteiger partial charge on any atom is 0.481 e. The normalized spacial score (nSPS) is 24.4. The summed E-state index contributed by atoms with van der Waals surface area (Å²) >= 11 is 0. The molecule has 0 aliphatic carbocycles. The molecule has 1 aromatic carbocycles. The van der Waals surface area contributed by atoms with Crippen LogP contribution in [0.1, 0.15) is 17.4 Å². The summed E-state index contributed by atoms with van der Waals surface area (Å²) in [6.45, 7) is 0.546. The van der Waals surface area contributed by atoms with Crippen LogP contribution >= 0.6 is 15.6 Å². The summed E-state index contributed by atoms with van der Waals surface area (Å²) in [5.74, 6) is -0.501. The highest BCUT2D eigenvalue weighted by molar-refractivity contribution is 7.60. The quantitative estimate of drug-likeness (QED) is 0.256. The van der Waals surface area contributed by atoms with Crippen molar-refractivity contribution in [2.75, 3.05) is 6.61 Å². The molecule has 17 heteroatoms. The van der Waals surface area contributed by atoms with Gasteiger partial charge < -0.3 is 29.6 Å². The highest BCUT2D eigenvalue weighted by atomic mass is 31.3. The molecule has 0 spiro atoms. The number of aliphatic hydroxyl groups excluding tert-OH is 2. The molecule has 5 atom stereocenters. The Balaban J connectivity index is 1.77. The van der Waals surface area contributed by atoms with Crippen molar-refractivity contribution in [1.82, 2.24) is 9.13 Å². The van der Waals surface area contributed by atoms with Gasteiger partial charge in [0, 0.05) is 18.8 Å². The van der Waals surface area contributed by atoms with Crippen LogP contribution < -0.4 is 11.2 Å². The maximum atomic E-state index is 14.1. The maximum absolute atomic E-state index is 14.1. The van der Waals surface area contributed by atoms with Gasteiger partial charge in [0.05, 0.1) is 6.61 Å². The minimum absolute atomic E-state index is 0.00377. The molecule has 2 heterocycles. The largest absolute Gasteiger partial charge is 0.481 e. The van der Waals surface area contributed by atoms with E-state index in [1.54, 1.807) is 13.0 Å². The Morgan fingerprint density at radius 3 is 2.43 bits per heavy atom. The van der Waals surface area contributed by atoms with Crippen molar-refractivity contribution in [3.8, 4) is 0 Å². The lowest BCUT2D eigenvalue weighted by molar-refractivity contribution is -0.0548. The number of hydrogen-bond acceptors (Lipinski definition) is 9. The molecule has 14 nitrogen and oxygen atoms in total. The van der Waals surface area contributed by atoms with Crippen LogP contribution in [0.2, 0.25) is 0 Å². The first-order chi connectivity index (χ1) is 16.2. The minimum Gasteiger partial charge on any atom is -0.387 e. The van der Waals surface area contributed by atoms with E-state index in [0.29, 0.717) is 5.56 Å². The molecule has 5 N–H and O–H groups in total. The molecule has 1 aliphatic rings. The van der Waals surface area contributed by atoms with Gasteiger partial charge in [-0.15, -0.1) is 0 Å². The number of ether oxygens (including phenoxy) is 1. The van der Waals surface area contributed by atoms with Crippen molar-refractivity contribution in [1.29, 1.82) is 0 Å². The van der Waals surface area contributed by atoms with Crippen molar-refractivity contribution in [3.63, 3.8) is 0 Å². The molecular weight excluding hydrogens is 517 g/mol. The number of phosphoric ester groups is 1. The van der Waals surface area contributed by atoms with Gasteiger partial charge in [-0.2, -0.15) is 4.31 Å². The lowest BCUT2D eigenvalue weighted by Crippen LogP contribution is -2.43. The van der Waals surface area contributed by atoms with Crippen LogP contribution in [0.3, 0.4) is 0 Å². The van der Waals surface area contributed by atoms with Gasteiger partial charge in [-0.05, 0) is 30.5 Å². The Hall–Kier alpha value is -2.03. The van der Waals surface area contributed by atoms with E-state index in [1.807, 2.05) is 0 Å². The lowest BCUT2D eigenvalue weighted by atomic mass is 10.1. The summed E-state index contributed by atoms with van der Waals surface area (Å²) in [5, 5.41) is 20.5. The van der Waals surface area contributed by atoms with Gasteiger partial charge in [0.15, 0.2) is 6.23 Å². The Morgan fingerprint density at radius 2 is 1.80 bits per heavy atom. The number of rotatable bonds is 9. The molecule has 3 rings (SSSR count). The number of aliphatic hydroxyl groups is 2. The summed E-state index contributed by atoms with van der Waals surface area (Å²) in [6, 6.07) is 5.50. The summed E-state index contributed by atoms with van der Waals surface area (Å²) in [4.78, 5) is 51.7. The van der Waals surface area contributed by atoms with E-state index in [4.69, 9.17) is 14.5 Å². The molecule has 1 fully saturated rings. The Labute approximate surface area is 196 Å². The fraction of sp³-hybridized carbons (Fsp3) is 0.444. The van der Waals surface area contributed by atoms with Crippen molar-refractivity contribution < 1.29 is 52.0 Å². The van der Waals surface area contributed by atoms with Gasteiger partial charge in [-0.1, -0.05) is 12.1 Å². The molecule has 0 amide bonds. The van der Waals surface area contributed by atoms with Crippen molar-refractivity contribution in [3.05, 3.63) is 68.2 Å². The zero-order valence-corrected chi connectivity index (χ0v) is 19.9. The average molecular weight is 540 g/mol. The molecular formula is C18H23FN2O12P2. The van der Waals surface area contributed by atoms with Crippen LogP contribution in [0.4, 0.5) is 4.39 Å². The summed E-state index contributed by atoms with van der Waals surface area (Å²) in [7, 11) is -10.6. The standard InChI is InChI=1S/C18H23FN2O12P2/c1-10-2-3-11(12(19)8-10)4-6-20-14(22)5-7-21(18(20)25)17-16(24)15(23)13(32-17)9-31-35(29,30)33-34(26,27)28/h2-3,5,7-8,13,15-17,23-24H,4,6,9H2,1H3,(H,29,30)(H2,26,27,28)/t13-,15+,16?,17-/m1/s1. The lowest BCUT2D eigenvalue weighted by Gasteiger charge is -2.19. The van der Waals surface area contributed by atoms with Gasteiger partial charge >= 0.3 is 21.3 Å². The first-order valence-electron chi connectivity index (χ1n) is 10.0. The molecule has 2 unspecified atom stereocenters. The van der Waals surface area contributed by atoms with E-state index in [0.717, 1.165) is 21.4 Å². The predicted octanol–water partition coefficient (Wildman–Crippen LogP) is -0.454. The number of benzene rings is 1. The molecule has 194 valence electrons. The van der Waals surface area contributed by atoms with Crippen LogP contribution in [-0.4, -0.2) is 58.9 Å². The first-order valence-corrected chi connectivity index (χ1v) is 13.0. The van der Waals surface area contributed by atoms with E-state index in [1.165, 1.54) is 12.1 Å². The molecule has 1 saturated heterocycles. The predicted molar refractivity (Wildman–Crippen MR) is 115 cm³/mol. The Bertz CT molecular complexity index is 1290. The number of aromatic nitrogens is 2. The first kappa shape index (κ1) is 27.6. The third kappa shape index (κ3) is 6.80. The van der Waals surface area contributed by atoms with Crippen molar-refractivity contribution >= 4 is 15.6 Å². The topological polar surface area (TPSA) is 207 Å². The van der Waals surface area contributed by atoms with Gasteiger partial charge in [-0.25, -0.2) is 18.3 Å². The van der Waals surface area contributed by atoms with E-state index < -0.39 is 63.9 Å². The zero-order chi connectivity index (χ0) is 26.1. The number of nitrogens with zero attached hydrogens (tertiary/aromatic N) is 2. The summed E-state index contributed by atoms with van der Waals surface area (Å²) < 4.78 is 51.4. The summed E-state index contributed by atoms with van der Waals surface area (Å²) in [6.07, 6.45) is -5.60. The van der Waals surface area contributed by atoms with E-state index in [9.17, 15) is 38.2 Å². The van der Waals surface area contributed by atoms with E-state index >= 15 is 0 Å². The zero-order valence-electron chi connectivity index (χ0n) is 18.1. The monoisotopic (exact) mass is 540 g/mol. The van der Waals surface area contributed by atoms with Gasteiger partial charge in [0.1, 0.15) is 24.1 Å². The van der Waals surface area contributed by atoms with Crippen molar-refractivity contribution in [2.24, 2.45) is 0 Å². The van der Waals surface area contributed by atoms with Crippen LogP contribution in [-0.2, 0) is 35.7 Å². The second kappa shape index (κ2) is 10.5. The molecule has 2 aromatic rings. The number of halogens is 1. The minimum atomic E-state index is -5.38. The fourth-order valence-electron chi connectivity index (χ4n) is 3.44. The van der Waals surface area contributed by atoms with Gasteiger partial charge in [0.25, 0.3) is 5.56 Å². The van der Waals surface area contributed by atoms with Crippen LogP contribution in [0.15, 0.2) is 40.1 Å². The number of hydrogen-bond donors (Lipinski definition) is 5. The van der Waals surface area contributed by atoms with Crippen LogP contribution in [0.5, 0.6) is 0 Å². The molecule has 35 heavy (non-hydrogen) atoms. The second-order valence-electron chi connectivity index (χ2n) is 7.72. The summed E-state index contributed by atoms with van der Waals surface area (Å²) in [5.41, 5.74) is -0.683. The van der Waals surface area contributed by atoms with Crippen LogP contribution in [0, 0.1) is 12.7 Å². The van der Waals surface area contributed by atoms with Gasteiger partial charge in [-0.3, -0.25) is 18.5 Å². The SMILES string of the molecule is Cc1ccc(CCn2c(=O)ccn([C@@H]3O[C@H](COP(=O)(O)OP(=O)(O)O)[C@H](O)C3O)c2=O)c(F)c1.